The lowest BCUT2D eigenvalue weighted by Gasteiger charge is -2.25. The molecule has 1 aliphatic heterocycles. The molecule has 2 amide bonds. The van der Waals surface area contributed by atoms with Gasteiger partial charge in [0.1, 0.15) is 6.73 Å². The van der Waals surface area contributed by atoms with Crippen molar-refractivity contribution in [1.29, 1.82) is 0 Å². The van der Waals surface area contributed by atoms with E-state index in [1.165, 1.54) is 0 Å². The number of urea groups is 1. The van der Waals surface area contributed by atoms with E-state index in [0.29, 0.717) is 19.9 Å². The zero-order valence-corrected chi connectivity index (χ0v) is 8.69. The number of para-hydroxylation sites is 1. The van der Waals surface area contributed by atoms with Crippen LogP contribution in [0, 0.1) is 0 Å². The Morgan fingerprint density at radius 2 is 2.27 bits per heavy atom. The number of carbonyl (C=O) groups excluding carboxylic acids is 1. The largest absolute Gasteiger partial charge is 0.356 e. The fourth-order valence-corrected chi connectivity index (χ4v) is 1.52. The molecule has 1 aromatic rings. The number of hydrogen-bond donors (Lipinski definition) is 1. The lowest BCUT2D eigenvalue weighted by Crippen LogP contribution is -2.38. The summed E-state index contributed by atoms with van der Waals surface area (Å²) in [6, 6.07) is 7.57. The van der Waals surface area contributed by atoms with Gasteiger partial charge in [0.2, 0.25) is 0 Å². The lowest BCUT2D eigenvalue weighted by molar-refractivity contribution is 0.0414. The Balaban J connectivity index is 2.24. The Labute approximate surface area is 88.8 Å². The molecule has 15 heavy (non-hydrogen) atoms. The minimum absolute atomic E-state index is 0.107. The van der Waals surface area contributed by atoms with Gasteiger partial charge in [-0.1, -0.05) is 18.2 Å². The summed E-state index contributed by atoms with van der Waals surface area (Å²) < 4.78 is 5.44. The maximum Gasteiger partial charge on any atom is 0.323 e. The van der Waals surface area contributed by atoms with Crippen molar-refractivity contribution in [3.05, 3.63) is 29.8 Å². The van der Waals surface area contributed by atoms with Gasteiger partial charge in [0.25, 0.3) is 0 Å². The van der Waals surface area contributed by atoms with E-state index < -0.39 is 0 Å². The SMILES string of the molecule is CCN1COCc2ccccc2NC1=O. The van der Waals surface area contributed by atoms with Gasteiger partial charge in [0, 0.05) is 17.8 Å². The lowest BCUT2D eigenvalue weighted by atomic mass is 10.2. The van der Waals surface area contributed by atoms with E-state index in [1.54, 1.807) is 4.90 Å². The first-order valence-electron chi connectivity index (χ1n) is 5.03. The van der Waals surface area contributed by atoms with Crippen LogP contribution in [0.25, 0.3) is 0 Å². The fraction of sp³-hybridized carbons (Fsp3) is 0.364. The molecule has 1 aromatic carbocycles. The molecule has 1 aliphatic rings. The highest BCUT2D eigenvalue weighted by Gasteiger charge is 2.16. The number of amides is 2. The van der Waals surface area contributed by atoms with Crippen LogP contribution in [0.5, 0.6) is 0 Å². The van der Waals surface area contributed by atoms with Crippen molar-refractivity contribution in [2.24, 2.45) is 0 Å². The number of fused-ring (bicyclic) bond motifs is 1. The molecule has 0 aromatic heterocycles. The van der Waals surface area contributed by atoms with E-state index in [4.69, 9.17) is 4.74 Å². The summed E-state index contributed by atoms with van der Waals surface area (Å²) in [5.74, 6) is 0. The number of nitrogens with one attached hydrogen (secondary N) is 1. The number of rotatable bonds is 1. The van der Waals surface area contributed by atoms with Gasteiger partial charge in [0.15, 0.2) is 0 Å². The van der Waals surface area contributed by atoms with Gasteiger partial charge >= 0.3 is 6.03 Å². The topological polar surface area (TPSA) is 41.6 Å². The number of anilines is 1. The maximum absolute atomic E-state index is 11.7. The van der Waals surface area contributed by atoms with Crippen LogP contribution < -0.4 is 5.32 Å². The first kappa shape index (κ1) is 9.98. The van der Waals surface area contributed by atoms with E-state index in [0.717, 1.165) is 11.3 Å². The summed E-state index contributed by atoms with van der Waals surface area (Å²) in [6.45, 7) is 3.45. The van der Waals surface area contributed by atoms with E-state index in [1.807, 2.05) is 31.2 Å². The van der Waals surface area contributed by atoms with Crippen LogP contribution in [0.3, 0.4) is 0 Å². The molecule has 4 nitrogen and oxygen atoms in total. The molecule has 1 heterocycles. The average Bonchev–Trinajstić information content (AvgIpc) is 2.23. The number of carbonyl (C=O) groups is 1. The van der Waals surface area contributed by atoms with Gasteiger partial charge in [-0.2, -0.15) is 0 Å². The van der Waals surface area contributed by atoms with Gasteiger partial charge in [-0.15, -0.1) is 0 Å². The molecule has 4 heteroatoms. The molecule has 0 aliphatic carbocycles. The van der Waals surface area contributed by atoms with Crippen molar-refractivity contribution in [2.45, 2.75) is 13.5 Å². The molecule has 0 atom stereocenters. The highest BCUT2D eigenvalue weighted by molar-refractivity contribution is 5.90. The monoisotopic (exact) mass is 206 g/mol. The van der Waals surface area contributed by atoms with Crippen molar-refractivity contribution in [3.8, 4) is 0 Å². The predicted molar refractivity (Wildman–Crippen MR) is 57.5 cm³/mol. The van der Waals surface area contributed by atoms with E-state index in [-0.39, 0.29) is 6.03 Å². The van der Waals surface area contributed by atoms with Crippen LogP contribution in [0.1, 0.15) is 12.5 Å². The van der Waals surface area contributed by atoms with Crippen molar-refractivity contribution in [2.75, 3.05) is 18.6 Å². The zero-order chi connectivity index (χ0) is 10.7. The first-order chi connectivity index (χ1) is 7.31. The molecule has 2 rings (SSSR count). The quantitative estimate of drug-likeness (QED) is 0.763. The Morgan fingerprint density at radius 3 is 3.07 bits per heavy atom. The van der Waals surface area contributed by atoms with Crippen LogP contribution in [0.15, 0.2) is 24.3 Å². The third-order valence-corrected chi connectivity index (χ3v) is 2.43. The summed E-state index contributed by atoms with van der Waals surface area (Å²) in [4.78, 5) is 13.3. The summed E-state index contributed by atoms with van der Waals surface area (Å²) in [6.07, 6.45) is 0. The number of hydrogen-bond acceptors (Lipinski definition) is 2. The average molecular weight is 206 g/mol. The van der Waals surface area contributed by atoms with Crippen LogP contribution in [0.2, 0.25) is 0 Å². The summed E-state index contributed by atoms with van der Waals surface area (Å²) >= 11 is 0. The number of nitrogens with zero attached hydrogens (tertiary/aromatic N) is 1. The Bertz CT molecular complexity index is 365. The Hall–Kier alpha value is -1.55. The van der Waals surface area contributed by atoms with Crippen LogP contribution in [0.4, 0.5) is 10.5 Å². The molecule has 0 radical (unpaired) electrons. The summed E-state index contributed by atoms with van der Waals surface area (Å²) in [5, 5.41) is 2.87. The minimum Gasteiger partial charge on any atom is -0.356 e. The molecule has 0 saturated heterocycles. The minimum atomic E-state index is -0.107. The predicted octanol–water partition coefficient (Wildman–Crippen LogP) is 2.03. The van der Waals surface area contributed by atoms with Gasteiger partial charge < -0.3 is 15.0 Å². The molecule has 80 valence electrons. The smallest absolute Gasteiger partial charge is 0.323 e. The van der Waals surface area contributed by atoms with E-state index in [2.05, 4.69) is 5.32 Å². The summed E-state index contributed by atoms with van der Waals surface area (Å²) in [5.41, 5.74) is 1.85. The van der Waals surface area contributed by atoms with Gasteiger partial charge in [-0.3, -0.25) is 0 Å². The van der Waals surface area contributed by atoms with Gasteiger partial charge in [-0.25, -0.2) is 4.79 Å². The Kier molecular flexibility index (Phi) is 2.87. The van der Waals surface area contributed by atoms with Crippen LogP contribution in [-0.4, -0.2) is 24.2 Å². The molecule has 1 N–H and O–H groups in total. The summed E-state index contributed by atoms with van der Waals surface area (Å²) in [7, 11) is 0. The Morgan fingerprint density at radius 1 is 1.47 bits per heavy atom. The second-order valence-corrected chi connectivity index (χ2v) is 3.42. The number of benzene rings is 1. The number of ether oxygens (including phenoxy) is 1. The molecule has 0 fully saturated rings. The third kappa shape index (κ3) is 2.10. The molecular formula is C11H14N2O2. The highest BCUT2D eigenvalue weighted by Crippen LogP contribution is 2.18. The molecule has 0 bridgehead atoms. The highest BCUT2D eigenvalue weighted by atomic mass is 16.5. The fourth-order valence-electron chi connectivity index (χ4n) is 1.52. The van der Waals surface area contributed by atoms with Crippen molar-refractivity contribution in [1.82, 2.24) is 4.90 Å². The zero-order valence-electron chi connectivity index (χ0n) is 8.69. The molecule has 0 saturated carbocycles. The van der Waals surface area contributed by atoms with E-state index in [9.17, 15) is 4.79 Å². The standard InChI is InChI=1S/C11H14N2O2/c1-2-13-8-15-7-9-5-3-4-6-10(9)12-11(13)14/h3-6H,2,7-8H2,1H3,(H,12,14). The van der Waals surface area contributed by atoms with Gasteiger partial charge in [0.05, 0.1) is 6.61 Å². The van der Waals surface area contributed by atoms with Gasteiger partial charge in [-0.05, 0) is 13.0 Å². The van der Waals surface area contributed by atoms with E-state index >= 15 is 0 Å². The van der Waals surface area contributed by atoms with Crippen molar-refractivity contribution < 1.29 is 9.53 Å². The first-order valence-corrected chi connectivity index (χ1v) is 5.03. The van der Waals surface area contributed by atoms with Crippen LogP contribution in [-0.2, 0) is 11.3 Å². The third-order valence-electron chi connectivity index (χ3n) is 2.43. The molecule has 0 unspecified atom stereocenters. The second kappa shape index (κ2) is 4.31. The van der Waals surface area contributed by atoms with Crippen LogP contribution >= 0.6 is 0 Å². The molecular weight excluding hydrogens is 192 g/mol. The molecule has 0 spiro atoms. The van der Waals surface area contributed by atoms with Crippen molar-refractivity contribution in [3.63, 3.8) is 0 Å². The normalized spacial score (nSPS) is 16.3. The second-order valence-electron chi connectivity index (χ2n) is 3.42. The maximum atomic E-state index is 11.7. The van der Waals surface area contributed by atoms with Crippen molar-refractivity contribution >= 4 is 11.7 Å².